The molecule has 3 nitrogen and oxygen atoms in total. The van der Waals surface area contributed by atoms with Crippen molar-refractivity contribution in [2.45, 2.75) is 0 Å². The number of rotatable bonds is 4. The third kappa shape index (κ3) is 2.47. The average Bonchev–Trinajstić information content (AvgIpc) is 2.46. The smallest absolute Gasteiger partial charge is 0.139 e. The molecule has 2 aromatic carbocycles. The lowest BCUT2D eigenvalue weighted by atomic mass is 10.0. The van der Waals surface area contributed by atoms with Crippen LogP contribution in [-0.4, -0.2) is 21.3 Å². The van der Waals surface area contributed by atoms with Gasteiger partial charge < -0.3 is 14.2 Å². The van der Waals surface area contributed by atoms with Crippen molar-refractivity contribution in [3.8, 4) is 28.4 Å². The quantitative estimate of drug-likeness (QED) is 0.845. The molecule has 0 atom stereocenters. The summed E-state index contributed by atoms with van der Waals surface area (Å²) in [6.07, 6.45) is 0. The first-order valence-electron chi connectivity index (χ1n) is 5.67. The van der Waals surface area contributed by atoms with Gasteiger partial charge in [0.05, 0.1) is 26.9 Å². The molecule has 0 amide bonds. The number of methoxy groups -OCH3 is 3. The molecule has 0 unspecified atom stereocenters. The van der Waals surface area contributed by atoms with Crippen LogP contribution in [0.1, 0.15) is 0 Å². The van der Waals surface area contributed by atoms with E-state index in [1.165, 1.54) is 20.3 Å². The third-order valence-corrected chi connectivity index (χ3v) is 2.79. The minimum absolute atomic E-state index is 0.374. The molecule has 0 saturated carbocycles. The summed E-state index contributed by atoms with van der Waals surface area (Å²) < 4.78 is 29.6. The standard InChI is InChI=1S/C15H14FO3/c1-17-10-8-13(18-2)15(14(9-10)19-3)11-6-4-5-7-12(11)16/h4-6,8-9H,1-3H3. The van der Waals surface area contributed by atoms with E-state index in [-0.39, 0.29) is 0 Å². The normalized spacial score (nSPS) is 10.1. The van der Waals surface area contributed by atoms with Crippen LogP contribution in [0.25, 0.3) is 11.1 Å². The van der Waals surface area contributed by atoms with Crippen LogP contribution >= 0.6 is 0 Å². The van der Waals surface area contributed by atoms with E-state index < -0.39 is 5.82 Å². The predicted octanol–water partition coefficient (Wildman–Crippen LogP) is 3.32. The van der Waals surface area contributed by atoms with Crippen molar-refractivity contribution >= 4 is 0 Å². The molecule has 0 fully saturated rings. The molecule has 2 rings (SSSR count). The zero-order valence-corrected chi connectivity index (χ0v) is 11.0. The first-order valence-corrected chi connectivity index (χ1v) is 5.67. The van der Waals surface area contributed by atoms with Gasteiger partial charge in [-0.05, 0) is 0 Å². The molecule has 0 aliphatic heterocycles. The molecule has 19 heavy (non-hydrogen) atoms. The fourth-order valence-corrected chi connectivity index (χ4v) is 1.88. The van der Waals surface area contributed by atoms with Crippen LogP contribution in [0.4, 0.5) is 4.39 Å². The Labute approximate surface area is 111 Å². The molecule has 0 heterocycles. The highest BCUT2D eigenvalue weighted by Gasteiger charge is 2.17. The van der Waals surface area contributed by atoms with Gasteiger partial charge in [-0.1, -0.05) is 18.2 Å². The predicted molar refractivity (Wildman–Crippen MR) is 70.3 cm³/mol. The monoisotopic (exact) mass is 261 g/mol. The second-order valence-corrected chi connectivity index (χ2v) is 3.80. The van der Waals surface area contributed by atoms with Crippen molar-refractivity contribution in [2.24, 2.45) is 0 Å². The minimum atomic E-state index is -0.454. The molecule has 0 spiro atoms. The highest BCUT2D eigenvalue weighted by molar-refractivity contribution is 5.78. The Bertz CT molecular complexity index is 556. The van der Waals surface area contributed by atoms with Gasteiger partial charge >= 0.3 is 0 Å². The van der Waals surface area contributed by atoms with Gasteiger partial charge in [0, 0.05) is 23.8 Å². The van der Waals surface area contributed by atoms with Crippen LogP contribution in [0, 0.1) is 11.9 Å². The van der Waals surface area contributed by atoms with E-state index in [1.807, 2.05) is 0 Å². The molecule has 99 valence electrons. The van der Waals surface area contributed by atoms with E-state index in [0.29, 0.717) is 28.4 Å². The van der Waals surface area contributed by atoms with Crippen molar-refractivity contribution in [3.05, 3.63) is 42.2 Å². The molecular weight excluding hydrogens is 247 g/mol. The summed E-state index contributed by atoms with van der Waals surface area (Å²) >= 11 is 0. The molecule has 0 bridgehead atoms. The van der Waals surface area contributed by atoms with Crippen LogP contribution in [0.5, 0.6) is 17.2 Å². The van der Waals surface area contributed by atoms with Crippen molar-refractivity contribution in [1.82, 2.24) is 0 Å². The maximum atomic E-state index is 13.9. The molecule has 1 radical (unpaired) electrons. The van der Waals surface area contributed by atoms with Crippen molar-refractivity contribution in [1.29, 1.82) is 0 Å². The number of halogens is 1. The Balaban J connectivity index is 2.71. The topological polar surface area (TPSA) is 27.7 Å². The molecule has 2 aromatic rings. The minimum Gasteiger partial charge on any atom is -0.496 e. The number of hydrogen-bond donors (Lipinski definition) is 0. The van der Waals surface area contributed by atoms with Crippen LogP contribution in [0.15, 0.2) is 30.3 Å². The molecule has 0 N–H and O–H groups in total. The molecule has 0 aliphatic carbocycles. The second-order valence-electron chi connectivity index (χ2n) is 3.80. The van der Waals surface area contributed by atoms with E-state index in [1.54, 1.807) is 31.4 Å². The first-order chi connectivity index (χ1) is 9.21. The van der Waals surface area contributed by atoms with Gasteiger partial charge in [-0.2, -0.15) is 0 Å². The Kier molecular flexibility index (Phi) is 3.90. The first kappa shape index (κ1) is 13.2. The van der Waals surface area contributed by atoms with Crippen LogP contribution in [0.3, 0.4) is 0 Å². The zero-order valence-electron chi connectivity index (χ0n) is 11.0. The van der Waals surface area contributed by atoms with Gasteiger partial charge in [0.1, 0.15) is 23.1 Å². The Morgan fingerprint density at radius 3 is 2.11 bits per heavy atom. The van der Waals surface area contributed by atoms with Crippen LogP contribution in [0.2, 0.25) is 0 Å². The van der Waals surface area contributed by atoms with Gasteiger partial charge in [-0.3, -0.25) is 0 Å². The summed E-state index contributed by atoms with van der Waals surface area (Å²) in [5, 5.41) is 0. The molecule has 0 saturated heterocycles. The van der Waals surface area contributed by atoms with E-state index in [2.05, 4.69) is 6.07 Å². The van der Waals surface area contributed by atoms with E-state index in [4.69, 9.17) is 14.2 Å². The van der Waals surface area contributed by atoms with Gasteiger partial charge in [0.25, 0.3) is 0 Å². The molecule has 4 heteroatoms. The fraction of sp³-hybridized carbons (Fsp3) is 0.200. The zero-order chi connectivity index (χ0) is 13.8. The summed E-state index contributed by atoms with van der Waals surface area (Å²) in [6, 6.07) is 10.8. The van der Waals surface area contributed by atoms with Gasteiger partial charge in [0.15, 0.2) is 0 Å². The lowest BCUT2D eigenvalue weighted by Crippen LogP contribution is -1.96. The Hall–Kier alpha value is -2.23. The highest BCUT2D eigenvalue weighted by Crippen LogP contribution is 2.42. The summed E-state index contributed by atoms with van der Waals surface area (Å²) in [4.78, 5) is 0. The summed E-state index contributed by atoms with van der Waals surface area (Å²) in [5.74, 6) is 1.09. The Morgan fingerprint density at radius 2 is 1.63 bits per heavy atom. The highest BCUT2D eigenvalue weighted by atomic mass is 19.1. The maximum absolute atomic E-state index is 13.9. The number of ether oxygens (including phenoxy) is 3. The fourth-order valence-electron chi connectivity index (χ4n) is 1.88. The van der Waals surface area contributed by atoms with Gasteiger partial charge in [-0.15, -0.1) is 0 Å². The van der Waals surface area contributed by atoms with Crippen molar-refractivity contribution in [2.75, 3.05) is 21.3 Å². The van der Waals surface area contributed by atoms with Crippen LogP contribution < -0.4 is 14.2 Å². The van der Waals surface area contributed by atoms with Gasteiger partial charge in [0.2, 0.25) is 0 Å². The van der Waals surface area contributed by atoms with Crippen LogP contribution in [-0.2, 0) is 0 Å². The molecule has 0 aliphatic rings. The average molecular weight is 261 g/mol. The third-order valence-electron chi connectivity index (χ3n) is 2.79. The van der Waals surface area contributed by atoms with E-state index in [0.717, 1.165) is 0 Å². The van der Waals surface area contributed by atoms with E-state index in [9.17, 15) is 4.39 Å². The largest absolute Gasteiger partial charge is 0.496 e. The lowest BCUT2D eigenvalue weighted by molar-refractivity contribution is 0.377. The summed E-state index contributed by atoms with van der Waals surface area (Å²) in [7, 11) is 4.58. The molecular formula is C15H14FO3. The summed E-state index contributed by atoms with van der Waals surface area (Å²) in [6.45, 7) is 0. The SMILES string of the molecule is COc1cc(OC)c(-c2ccc[c]c2F)c(OC)c1. The van der Waals surface area contributed by atoms with Crippen molar-refractivity contribution in [3.63, 3.8) is 0 Å². The van der Waals surface area contributed by atoms with Crippen molar-refractivity contribution < 1.29 is 18.6 Å². The summed E-state index contributed by atoms with van der Waals surface area (Å²) in [5.41, 5.74) is 0.916. The lowest BCUT2D eigenvalue weighted by Gasteiger charge is -2.15. The maximum Gasteiger partial charge on any atom is 0.139 e. The van der Waals surface area contributed by atoms with Gasteiger partial charge in [-0.25, -0.2) is 4.39 Å². The number of benzene rings is 2. The van der Waals surface area contributed by atoms with E-state index >= 15 is 0 Å². The second kappa shape index (κ2) is 5.61. The Morgan fingerprint density at radius 1 is 1.00 bits per heavy atom. The number of hydrogen-bond acceptors (Lipinski definition) is 3. The molecule has 0 aromatic heterocycles.